The molecule has 2 N–H and O–H groups in total. The van der Waals surface area contributed by atoms with E-state index in [1.165, 1.54) is 23.6 Å². The van der Waals surface area contributed by atoms with E-state index in [0.29, 0.717) is 0 Å². The molecule has 1 aromatic rings. The van der Waals surface area contributed by atoms with Gasteiger partial charge >= 0.3 is 0 Å². The maximum atomic E-state index is 14.0. The zero-order valence-corrected chi connectivity index (χ0v) is 15.3. The SMILES string of the molecule is CC1=CC=C(CNC(=O)c2nc3n(c(=O)c2O)CCOC3(C)C)C(F)C1F. The Labute approximate surface area is 154 Å². The number of rotatable bonds is 3. The maximum Gasteiger partial charge on any atom is 0.296 e. The van der Waals surface area contributed by atoms with E-state index >= 15 is 0 Å². The molecule has 0 fully saturated rings. The van der Waals surface area contributed by atoms with Gasteiger partial charge in [-0.05, 0) is 31.9 Å². The third kappa shape index (κ3) is 3.39. The number of hydrogen-bond donors (Lipinski definition) is 2. The van der Waals surface area contributed by atoms with Crippen LogP contribution in [0.5, 0.6) is 5.75 Å². The largest absolute Gasteiger partial charge is 0.501 e. The van der Waals surface area contributed by atoms with Gasteiger partial charge in [-0.15, -0.1) is 0 Å². The summed E-state index contributed by atoms with van der Waals surface area (Å²) in [7, 11) is 0. The molecule has 0 spiro atoms. The predicted molar refractivity (Wildman–Crippen MR) is 93.1 cm³/mol. The van der Waals surface area contributed by atoms with Crippen LogP contribution in [0.15, 0.2) is 28.1 Å². The topological polar surface area (TPSA) is 93.5 Å². The second-order valence-electron chi connectivity index (χ2n) is 7.09. The summed E-state index contributed by atoms with van der Waals surface area (Å²) in [5.74, 6) is -1.43. The molecule has 0 radical (unpaired) electrons. The van der Waals surface area contributed by atoms with Gasteiger partial charge in [0.15, 0.2) is 18.0 Å². The summed E-state index contributed by atoms with van der Waals surface area (Å²) in [5, 5.41) is 12.5. The molecule has 2 unspecified atom stereocenters. The molecule has 27 heavy (non-hydrogen) atoms. The van der Waals surface area contributed by atoms with Gasteiger partial charge in [0.05, 0.1) is 13.2 Å². The number of allylic oxidation sites excluding steroid dienone is 3. The Balaban J connectivity index is 1.86. The highest BCUT2D eigenvalue weighted by Crippen LogP contribution is 2.28. The first-order chi connectivity index (χ1) is 12.6. The van der Waals surface area contributed by atoms with Crippen LogP contribution in [0, 0.1) is 0 Å². The number of aromatic hydroxyl groups is 1. The highest BCUT2D eigenvalue weighted by molar-refractivity contribution is 5.94. The number of hydrogen-bond acceptors (Lipinski definition) is 5. The van der Waals surface area contributed by atoms with Crippen LogP contribution in [0.1, 0.15) is 37.1 Å². The lowest BCUT2D eigenvalue weighted by molar-refractivity contribution is -0.0566. The predicted octanol–water partition coefficient (Wildman–Crippen LogP) is 1.51. The molecule has 2 heterocycles. The molecule has 3 rings (SSSR count). The minimum atomic E-state index is -1.86. The van der Waals surface area contributed by atoms with E-state index in [4.69, 9.17) is 4.74 Å². The number of alkyl halides is 2. The van der Waals surface area contributed by atoms with Crippen molar-refractivity contribution in [1.29, 1.82) is 0 Å². The zero-order valence-electron chi connectivity index (χ0n) is 15.3. The third-order valence-electron chi connectivity index (χ3n) is 4.74. The van der Waals surface area contributed by atoms with E-state index in [1.54, 1.807) is 13.8 Å². The Morgan fingerprint density at radius 3 is 2.81 bits per heavy atom. The number of carbonyl (C=O) groups is 1. The average Bonchev–Trinajstić information content (AvgIpc) is 2.62. The van der Waals surface area contributed by atoms with E-state index in [9.17, 15) is 23.5 Å². The average molecular weight is 381 g/mol. The smallest absolute Gasteiger partial charge is 0.296 e. The minimum Gasteiger partial charge on any atom is -0.501 e. The molecular formula is C18H21F2N3O4. The van der Waals surface area contributed by atoms with Gasteiger partial charge in [0.1, 0.15) is 11.4 Å². The minimum absolute atomic E-state index is 0.0549. The molecule has 9 heteroatoms. The van der Waals surface area contributed by atoms with Crippen molar-refractivity contribution in [2.45, 2.75) is 45.3 Å². The molecule has 1 aliphatic carbocycles. The van der Waals surface area contributed by atoms with Crippen molar-refractivity contribution in [3.63, 3.8) is 0 Å². The first-order valence-corrected chi connectivity index (χ1v) is 8.55. The van der Waals surface area contributed by atoms with E-state index in [-0.39, 0.29) is 36.7 Å². The number of amides is 1. The Hall–Kier alpha value is -2.55. The fourth-order valence-electron chi connectivity index (χ4n) is 3.09. The molecule has 2 atom stereocenters. The van der Waals surface area contributed by atoms with E-state index < -0.39 is 40.9 Å². The summed E-state index contributed by atoms with van der Waals surface area (Å²) in [6.45, 7) is 5.08. The number of nitrogens with zero attached hydrogens (tertiary/aromatic N) is 2. The molecule has 1 aliphatic heterocycles. The molecule has 0 bridgehead atoms. The normalized spacial score (nSPS) is 23.9. The summed E-state index contributed by atoms with van der Waals surface area (Å²) in [5.41, 5.74) is -1.81. The van der Waals surface area contributed by atoms with Gasteiger partial charge in [0.2, 0.25) is 5.75 Å². The van der Waals surface area contributed by atoms with Crippen LogP contribution in [0.2, 0.25) is 0 Å². The molecule has 2 aliphatic rings. The van der Waals surface area contributed by atoms with Crippen LogP contribution < -0.4 is 10.9 Å². The monoisotopic (exact) mass is 381 g/mol. The second-order valence-corrected chi connectivity index (χ2v) is 7.09. The Bertz CT molecular complexity index is 905. The summed E-state index contributed by atoms with van der Waals surface area (Å²) < 4.78 is 34.6. The number of carbonyl (C=O) groups excluding carboxylic acids is 1. The first kappa shape index (κ1) is 19.2. The lowest BCUT2D eigenvalue weighted by Gasteiger charge is -2.32. The van der Waals surface area contributed by atoms with Gasteiger partial charge < -0.3 is 15.2 Å². The molecule has 0 aromatic carbocycles. The molecule has 146 valence electrons. The summed E-state index contributed by atoms with van der Waals surface area (Å²) in [6, 6.07) is 0. The lowest BCUT2D eigenvalue weighted by atomic mass is 9.95. The molecule has 7 nitrogen and oxygen atoms in total. The number of nitrogens with one attached hydrogen (secondary N) is 1. The van der Waals surface area contributed by atoms with Gasteiger partial charge in [-0.25, -0.2) is 13.8 Å². The van der Waals surface area contributed by atoms with E-state index in [2.05, 4.69) is 10.3 Å². The molecule has 1 amide bonds. The standard InChI is InChI=1S/C18H21F2N3O4/c1-9-4-5-10(12(20)11(9)19)8-21-15(25)13-14(24)16(26)23-6-7-27-18(2,3)17(23)22-13/h4-5,11-12,24H,6-8H2,1-3H3,(H,21,25). The van der Waals surface area contributed by atoms with E-state index in [0.717, 1.165) is 0 Å². The van der Waals surface area contributed by atoms with E-state index in [1.807, 2.05) is 0 Å². The van der Waals surface area contributed by atoms with Crippen molar-refractivity contribution in [2.75, 3.05) is 13.2 Å². The van der Waals surface area contributed by atoms with Gasteiger partial charge in [-0.1, -0.05) is 12.2 Å². The quantitative estimate of drug-likeness (QED) is 0.828. The Morgan fingerprint density at radius 2 is 2.11 bits per heavy atom. The van der Waals surface area contributed by atoms with Crippen LogP contribution >= 0.6 is 0 Å². The van der Waals surface area contributed by atoms with Crippen LogP contribution in [0.25, 0.3) is 0 Å². The highest BCUT2D eigenvalue weighted by Gasteiger charge is 2.34. The van der Waals surface area contributed by atoms with Crippen molar-refractivity contribution in [2.24, 2.45) is 0 Å². The van der Waals surface area contributed by atoms with Crippen molar-refractivity contribution in [3.8, 4) is 5.75 Å². The van der Waals surface area contributed by atoms with Crippen molar-refractivity contribution < 1.29 is 23.4 Å². The van der Waals surface area contributed by atoms with Gasteiger partial charge in [-0.3, -0.25) is 14.2 Å². The van der Waals surface area contributed by atoms with Gasteiger partial charge in [0, 0.05) is 6.54 Å². The first-order valence-electron chi connectivity index (χ1n) is 8.55. The fraction of sp³-hybridized carbons (Fsp3) is 0.500. The number of halogens is 2. The van der Waals surface area contributed by atoms with Crippen LogP contribution in [-0.4, -0.2) is 46.1 Å². The maximum absolute atomic E-state index is 14.0. The van der Waals surface area contributed by atoms with Crippen LogP contribution in [0.4, 0.5) is 8.78 Å². The highest BCUT2D eigenvalue weighted by atomic mass is 19.2. The van der Waals surface area contributed by atoms with Gasteiger partial charge in [0.25, 0.3) is 11.5 Å². The summed E-state index contributed by atoms with van der Waals surface area (Å²) >= 11 is 0. The number of aromatic nitrogens is 2. The van der Waals surface area contributed by atoms with Gasteiger partial charge in [-0.2, -0.15) is 0 Å². The van der Waals surface area contributed by atoms with Crippen molar-refractivity contribution in [1.82, 2.24) is 14.9 Å². The van der Waals surface area contributed by atoms with Crippen LogP contribution in [-0.2, 0) is 16.9 Å². The Kier molecular flexibility index (Phi) is 4.90. The second kappa shape index (κ2) is 6.88. The molecular weight excluding hydrogens is 360 g/mol. The van der Waals surface area contributed by atoms with Crippen LogP contribution in [0.3, 0.4) is 0 Å². The lowest BCUT2D eigenvalue weighted by Crippen LogP contribution is -2.42. The molecule has 0 saturated carbocycles. The summed E-state index contributed by atoms with van der Waals surface area (Å²) in [4.78, 5) is 28.9. The number of ether oxygens (including phenoxy) is 1. The summed E-state index contributed by atoms with van der Waals surface area (Å²) in [6.07, 6.45) is -0.774. The van der Waals surface area contributed by atoms with Crippen molar-refractivity contribution >= 4 is 5.91 Å². The number of fused-ring (bicyclic) bond motifs is 1. The Morgan fingerprint density at radius 1 is 1.41 bits per heavy atom. The van der Waals surface area contributed by atoms with Crippen molar-refractivity contribution in [3.05, 3.63) is 45.2 Å². The molecule has 0 saturated heterocycles. The third-order valence-corrected chi connectivity index (χ3v) is 4.74. The molecule has 1 aromatic heterocycles. The fourth-order valence-corrected chi connectivity index (χ4v) is 3.09. The zero-order chi connectivity index (χ0) is 19.9.